The van der Waals surface area contributed by atoms with Crippen LogP contribution in [0.25, 0.3) is 0 Å². The number of hydrogen-bond donors (Lipinski definition) is 1. The topological polar surface area (TPSA) is 49.7 Å². The van der Waals surface area contributed by atoms with Crippen LogP contribution in [0.5, 0.6) is 0 Å². The number of halogens is 4. The molecule has 1 rings (SSSR count). The zero-order valence-corrected chi connectivity index (χ0v) is 7.88. The number of nitrogens with zero attached hydrogens (tertiary/aromatic N) is 1. The number of allylic oxidation sites excluding steroid dienone is 2. The monoisotopic (exact) mass is 239 g/mol. The quantitative estimate of drug-likeness (QED) is 0.764. The number of alkyl halides is 3. The van der Waals surface area contributed by atoms with Gasteiger partial charge < -0.3 is 5.11 Å². The lowest BCUT2D eigenvalue weighted by Gasteiger charge is -2.11. The molecule has 0 amide bonds. The average molecular weight is 240 g/mol. The third-order valence-corrected chi connectivity index (χ3v) is 2.04. The zero-order valence-electron chi connectivity index (χ0n) is 7.12. The Morgan fingerprint density at radius 3 is 2.60 bits per heavy atom. The first-order valence-corrected chi connectivity index (χ1v) is 4.12. The highest BCUT2D eigenvalue weighted by atomic mass is 35.5. The standard InChI is InChI=1S/C8H5ClF3NO2/c9-5-4(7(14)15)2-1-3-13-6(5)8(10,11)12/h1-4H,(H,14,15). The van der Waals surface area contributed by atoms with Gasteiger partial charge in [0.05, 0.1) is 5.03 Å². The van der Waals surface area contributed by atoms with E-state index in [1.807, 2.05) is 0 Å². The van der Waals surface area contributed by atoms with Crippen LogP contribution >= 0.6 is 11.6 Å². The molecule has 1 aliphatic heterocycles. The molecule has 15 heavy (non-hydrogen) atoms. The number of aliphatic carboxylic acids is 1. The van der Waals surface area contributed by atoms with Crippen LogP contribution in [0.2, 0.25) is 0 Å². The summed E-state index contributed by atoms with van der Waals surface area (Å²) in [5, 5.41) is 7.79. The predicted octanol–water partition coefficient (Wildman–Crippen LogP) is 2.34. The second-order valence-electron chi connectivity index (χ2n) is 2.67. The first kappa shape index (κ1) is 11.8. The van der Waals surface area contributed by atoms with Crippen molar-refractivity contribution in [3.63, 3.8) is 0 Å². The van der Waals surface area contributed by atoms with Crippen molar-refractivity contribution >= 4 is 23.8 Å². The molecule has 0 bridgehead atoms. The summed E-state index contributed by atoms with van der Waals surface area (Å²) in [6.07, 6.45) is -1.76. The maximum absolute atomic E-state index is 12.3. The molecule has 0 saturated heterocycles. The maximum Gasteiger partial charge on any atom is 0.434 e. The second kappa shape index (κ2) is 4.06. The largest absolute Gasteiger partial charge is 0.481 e. The van der Waals surface area contributed by atoms with Gasteiger partial charge in [-0.3, -0.25) is 9.79 Å². The molecule has 0 saturated carbocycles. The number of carboxylic acid groups (broad SMARTS) is 1. The normalized spacial score (nSPS) is 21.7. The Morgan fingerprint density at radius 2 is 2.13 bits per heavy atom. The minimum absolute atomic E-state index is 0.833. The Morgan fingerprint density at radius 1 is 1.53 bits per heavy atom. The van der Waals surface area contributed by atoms with Gasteiger partial charge in [-0.2, -0.15) is 13.2 Å². The van der Waals surface area contributed by atoms with Crippen molar-refractivity contribution in [1.82, 2.24) is 0 Å². The van der Waals surface area contributed by atoms with E-state index in [-0.39, 0.29) is 0 Å². The number of hydrogen-bond acceptors (Lipinski definition) is 2. The molecule has 3 nitrogen and oxygen atoms in total. The van der Waals surface area contributed by atoms with Crippen molar-refractivity contribution in [3.8, 4) is 0 Å². The molecular weight excluding hydrogens is 235 g/mol. The van der Waals surface area contributed by atoms with Gasteiger partial charge in [-0.15, -0.1) is 0 Å². The van der Waals surface area contributed by atoms with Gasteiger partial charge in [-0.25, -0.2) is 0 Å². The smallest absolute Gasteiger partial charge is 0.434 e. The lowest BCUT2D eigenvalue weighted by molar-refractivity contribution is -0.138. The van der Waals surface area contributed by atoms with Crippen LogP contribution in [0, 0.1) is 5.92 Å². The molecule has 7 heteroatoms. The van der Waals surface area contributed by atoms with Crippen molar-refractivity contribution in [3.05, 3.63) is 22.9 Å². The van der Waals surface area contributed by atoms with Gasteiger partial charge in [0.2, 0.25) is 0 Å². The average Bonchev–Trinajstić information content (AvgIpc) is 2.25. The highest BCUT2D eigenvalue weighted by molar-refractivity contribution is 6.32. The molecule has 0 spiro atoms. The van der Waals surface area contributed by atoms with Crippen molar-refractivity contribution in [2.45, 2.75) is 6.18 Å². The van der Waals surface area contributed by atoms with E-state index in [0.29, 0.717) is 0 Å². The minimum Gasteiger partial charge on any atom is -0.481 e. The van der Waals surface area contributed by atoms with Crippen LogP contribution in [0.3, 0.4) is 0 Å². The third kappa shape index (κ3) is 2.59. The molecule has 1 unspecified atom stereocenters. The molecule has 0 aromatic carbocycles. The molecule has 0 aromatic rings. The van der Waals surface area contributed by atoms with Gasteiger partial charge in [0.25, 0.3) is 0 Å². The molecule has 0 aromatic heterocycles. The van der Waals surface area contributed by atoms with E-state index in [9.17, 15) is 18.0 Å². The zero-order chi connectivity index (χ0) is 11.6. The van der Waals surface area contributed by atoms with Crippen LogP contribution in [-0.4, -0.2) is 23.5 Å². The molecule has 1 atom stereocenters. The van der Waals surface area contributed by atoms with Gasteiger partial charge >= 0.3 is 12.1 Å². The number of rotatable bonds is 1. The lowest BCUT2D eigenvalue weighted by atomic mass is 10.1. The minimum atomic E-state index is -4.76. The molecular formula is C8H5ClF3NO2. The third-order valence-electron chi connectivity index (χ3n) is 1.63. The highest BCUT2D eigenvalue weighted by Gasteiger charge is 2.39. The fourth-order valence-corrected chi connectivity index (χ4v) is 1.29. The summed E-state index contributed by atoms with van der Waals surface area (Å²) in [6.45, 7) is 0. The summed E-state index contributed by atoms with van der Waals surface area (Å²) in [7, 11) is 0. The molecule has 1 N–H and O–H groups in total. The van der Waals surface area contributed by atoms with Gasteiger partial charge in [-0.05, 0) is 6.08 Å². The Balaban J connectivity index is 3.23. The van der Waals surface area contributed by atoms with E-state index < -0.39 is 28.8 Å². The fraction of sp³-hybridized carbons (Fsp3) is 0.250. The van der Waals surface area contributed by atoms with Gasteiger partial charge in [0.15, 0.2) is 5.70 Å². The Labute approximate surface area is 87.6 Å². The van der Waals surface area contributed by atoms with E-state index in [1.165, 1.54) is 0 Å². The molecule has 1 heterocycles. The Hall–Kier alpha value is -1.30. The van der Waals surface area contributed by atoms with E-state index >= 15 is 0 Å². The summed E-state index contributed by atoms with van der Waals surface area (Å²) in [6, 6.07) is 0. The van der Waals surface area contributed by atoms with E-state index in [0.717, 1.165) is 18.4 Å². The number of carbonyl (C=O) groups is 1. The van der Waals surface area contributed by atoms with Crippen LogP contribution in [0.4, 0.5) is 13.2 Å². The first-order chi connectivity index (χ1) is 6.84. The van der Waals surface area contributed by atoms with Gasteiger partial charge in [0, 0.05) is 6.21 Å². The van der Waals surface area contributed by atoms with Gasteiger partial charge in [-0.1, -0.05) is 17.7 Å². The Bertz CT molecular complexity index is 371. The number of carboxylic acids is 1. The number of aliphatic imine (C=N–C) groups is 1. The summed E-state index contributed by atoms with van der Waals surface area (Å²) in [4.78, 5) is 13.7. The van der Waals surface area contributed by atoms with Crippen molar-refractivity contribution < 1.29 is 23.1 Å². The van der Waals surface area contributed by atoms with Crippen LogP contribution < -0.4 is 0 Å². The molecule has 1 aliphatic rings. The fourth-order valence-electron chi connectivity index (χ4n) is 0.971. The summed E-state index contributed by atoms with van der Waals surface area (Å²) in [5.74, 6) is -2.96. The van der Waals surface area contributed by atoms with Crippen molar-refractivity contribution in [2.24, 2.45) is 10.9 Å². The van der Waals surface area contributed by atoms with E-state index in [4.69, 9.17) is 16.7 Å². The van der Waals surface area contributed by atoms with Crippen molar-refractivity contribution in [1.29, 1.82) is 0 Å². The first-order valence-electron chi connectivity index (χ1n) is 3.74. The van der Waals surface area contributed by atoms with E-state index in [2.05, 4.69) is 4.99 Å². The SMILES string of the molecule is O=C(O)C1C=CC=NC(C(F)(F)F)=C1Cl. The molecule has 82 valence electrons. The maximum atomic E-state index is 12.3. The predicted molar refractivity (Wildman–Crippen MR) is 47.7 cm³/mol. The van der Waals surface area contributed by atoms with Crippen LogP contribution in [0.15, 0.2) is 27.9 Å². The molecule has 0 radical (unpaired) electrons. The van der Waals surface area contributed by atoms with Crippen molar-refractivity contribution in [2.75, 3.05) is 0 Å². The summed E-state index contributed by atoms with van der Waals surface area (Å²) in [5.41, 5.74) is -1.37. The van der Waals surface area contributed by atoms with Crippen LogP contribution in [-0.2, 0) is 4.79 Å². The van der Waals surface area contributed by atoms with E-state index in [1.54, 1.807) is 0 Å². The summed E-state index contributed by atoms with van der Waals surface area (Å²) < 4.78 is 37.0. The van der Waals surface area contributed by atoms with Gasteiger partial charge in [0.1, 0.15) is 5.92 Å². The molecule has 0 fully saturated rings. The lowest BCUT2D eigenvalue weighted by Crippen LogP contribution is -2.17. The molecule has 0 aliphatic carbocycles. The Kier molecular flexibility index (Phi) is 3.18. The second-order valence-corrected chi connectivity index (χ2v) is 3.08. The summed E-state index contributed by atoms with van der Waals surface area (Å²) >= 11 is 5.35. The van der Waals surface area contributed by atoms with Crippen LogP contribution in [0.1, 0.15) is 0 Å². The highest BCUT2D eigenvalue weighted by Crippen LogP contribution is 2.35.